The SMILES string of the molecule is CC(C)Oc1ccc2cc(OCCCCCCCCBr)ccc2c1. The maximum absolute atomic E-state index is 5.90. The summed E-state index contributed by atoms with van der Waals surface area (Å²) < 4.78 is 11.6. The molecule has 0 unspecified atom stereocenters. The first-order valence-corrected chi connectivity index (χ1v) is 10.2. The van der Waals surface area contributed by atoms with Crippen LogP contribution >= 0.6 is 15.9 Å². The van der Waals surface area contributed by atoms with Gasteiger partial charge in [-0.05, 0) is 61.7 Å². The summed E-state index contributed by atoms with van der Waals surface area (Å²) in [5.41, 5.74) is 0. The number of halogens is 1. The minimum Gasteiger partial charge on any atom is -0.494 e. The molecule has 2 nitrogen and oxygen atoms in total. The molecule has 0 bridgehead atoms. The normalized spacial score (nSPS) is 11.2. The number of rotatable bonds is 11. The molecule has 2 aromatic rings. The van der Waals surface area contributed by atoms with E-state index in [4.69, 9.17) is 9.47 Å². The highest BCUT2D eigenvalue weighted by Crippen LogP contribution is 2.25. The van der Waals surface area contributed by atoms with Crippen molar-refractivity contribution < 1.29 is 9.47 Å². The molecule has 24 heavy (non-hydrogen) atoms. The fraction of sp³-hybridized carbons (Fsp3) is 0.524. The van der Waals surface area contributed by atoms with E-state index in [1.165, 1.54) is 42.9 Å². The van der Waals surface area contributed by atoms with E-state index in [-0.39, 0.29) is 6.10 Å². The molecular formula is C21H29BrO2. The first-order chi connectivity index (χ1) is 11.7. The highest BCUT2D eigenvalue weighted by Gasteiger charge is 2.02. The molecule has 0 spiro atoms. The Morgan fingerprint density at radius 1 is 0.792 bits per heavy atom. The summed E-state index contributed by atoms with van der Waals surface area (Å²) in [7, 11) is 0. The highest BCUT2D eigenvalue weighted by atomic mass is 79.9. The minimum atomic E-state index is 0.199. The predicted octanol–water partition coefficient (Wildman–Crippen LogP) is 6.74. The molecule has 2 rings (SSSR count). The van der Waals surface area contributed by atoms with Crippen LogP contribution in [0.2, 0.25) is 0 Å². The Kier molecular flexibility index (Phi) is 8.44. The molecule has 0 N–H and O–H groups in total. The van der Waals surface area contributed by atoms with E-state index in [0.29, 0.717) is 0 Å². The number of fused-ring (bicyclic) bond motifs is 1. The summed E-state index contributed by atoms with van der Waals surface area (Å²) in [6, 6.07) is 12.5. The summed E-state index contributed by atoms with van der Waals surface area (Å²) in [4.78, 5) is 0. The van der Waals surface area contributed by atoms with Crippen molar-refractivity contribution >= 4 is 26.7 Å². The summed E-state index contributed by atoms with van der Waals surface area (Å²) in [6.07, 6.45) is 7.86. The molecule has 0 radical (unpaired) electrons. The largest absolute Gasteiger partial charge is 0.494 e. The average molecular weight is 393 g/mol. The second-order valence-electron chi connectivity index (χ2n) is 6.50. The second-order valence-corrected chi connectivity index (χ2v) is 7.29. The Labute approximate surface area is 154 Å². The lowest BCUT2D eigenvalue weighted by atomic mass is 10.1. The van der Waals surface area contributed by atoms with Gasteiger partial charge in [-0.2, -0.15) is 0 Å². The third kappa shape index (κ3) is 6.72. The van der Waals surface area contributed by atoms with Gasteiger partial charge in [0, 0.05) is 5.33 Å². The standard InChI is InChI=1S/C21H29BrO2/c1-17(2)24-21-12-10-18-15-20(11-9-19(18)16-21)23-14-8-6-4-3-5-7-13-22/h9-12,15-17H,3-8,13-14H2,1-2H3. The van der Waals surface area contributed by atoms with Crippen molar-refractivity contribution in [3.63, 3.8) is 0 Å². The molecule has 3 heteroatoms. The fourth-order valence-electron chi connectivity index (χ4n) is 2.73. The lowest BCUT2D eigenvalue weighted by Crippen LogP contribution is -2.05. The van der Waals surface area contributed by atoms with E-state index in [1.807, 2.05) is 19.9 Å². The van der Waals surface area contributed by atoms with Crippen molar-refractivity contribution in [2.45, 2.75) is 58.5 Å². The van der Waals surface area contributed by atoms with Gasteiger partial charge in [-0.15, -0.1) is 0 Å². The topological polar surface area (TPSA) is 18.5 Å². The van der Waals surface area contributed by atoms with Crippen LogP contribution < -0.4 is 9.47 Å². The van der Waals surface area contributed by atoms with Gasteiger partial charge < -0.3 is 9.47 Å². The molecule has 0 aliphatic heterocycles. The number of alkyl halides is 1. The van der Waals surface area contributed by atoms with Crippen LogP contribution in [0.1, 0.15) is 52.4 Å². The average Bonchev–Trinajstić information content (AvgIpc) is 2.56. The Bertz CT molecular complexity index is 610. The Morgan fingerprint density at radius 2 is 1.38 bits per heavy atom. The molecule has 0 aliphatic rings. The Balaban J connectivity index is 1.77. The van der Waals surface area contributed by atoms with Crippen LogP contribution in [0.4, 0.5) is 0 Å². The maximum Gasteiger partial charge on any atom is 0.120 e. The van der Waals surface area contributed by atoms with Crippen molar-refractivity contribution in [2.75, 3.05) is 11.9 Å². The quantitative estimate of drug-likeness (QED) is 0.311. The van der Waals surface area contributed by atoms with E-state index in [2.05, 4.69) is 46.3 Å². The third-order valence-electron chi connectivity index (χ3n) is 3.95. The molecule has 132 valence electrons. The van der Waals surface area contributed by atoms with Crippen LogP contribution in [0.15, 0.2) is 36.4 Å². The zero-order valence-electron chi connectivity index (χ0n) is 14.9. The zero-order chi connectivity index (χ0) is 17.2. The predicted molar refractivity (Wildman–Crippen MR) is 107 cm³/mol. The van der Waals surface area contributed by atoms with Gasteiger partial charge in [-0.25, -0.2) is 0 Å². The van der Waals surface area contributed by atoms with E-state index in [1.54, 1.807) is 0 Å². The number of benzene rings is 2. The minimum absolute atomic E-state index is 0.199. The van der Waals surface area contributed by atoms with Crippen LogP contribution in [0.25, 0.3) is 10.8 Å². The molecule has 2 aromatic carbocycles. The summed E-state index contributed by atoms with van der Waals surface area (Å²) in [5, 5.41) is 3.51. The number of ether oxygens (including phenoxy) is 2. The molecule has 0 aromatic heterocycles. The van der Waals surface area contributed by atoms with Crippen molar-refractivity contribution in [1.29, 1.82) is 0 Å². The van der Waals surface area contributed by atoms with Crippen LogP contribution in [-0.2, 0) is 0 Å². The summed E-state index contributed by atoms with van der Waals surface area (Å²) in [5.74, 6) is 1.88. The van der Waals surface area contributed by atoms with Gasteiger partial charge in [0.2, 0.25) is 0 Å². The Hall–Kier alpha value is -1.22. The van der Waals surface area contributed by atoms with Crippen molar-refractivity contribution in [2.24, 2.45) is 0 Å². The van der Waals surface area contributed by atoms with Crippen molar-refractivity contribution in [3.05, 3.63) is 36.4 Å². The van der Waals surface area contributed by atoms with Gasteiger partial charge in [0.05, 0.1) is 12.7 Å². The van der Waals surface area contributed by atoms with Crippen molar-refractivity contribution in [3.8, 4) is 11.5 Å². The lowest BCUT2D eigenvalue weighted by Gasteiger charge is -2.11. The second kappa shape index (κ2) is 10.6. The number of hydrogen-bond acceptors (Lipinski definition) is 2. The van der Waals surface area contributed by atoms with Gasteiger partial charge in [0.15, 0.2) is 0 Å². The lowest BCUT2D eigenvalue weighted by molar-refractivity contribution is 0.243. The monoisotopic (exact) mass is 392 g/mol. The molecular weight excluding hydrogens is 364 g/mol. The first-order valence-electron chi connectivity index (χ1n) is 9.08. The van der Waals surface area contributed by atoms with Gasteiger partial charge in [-0.1, -0.05) is 53.7 Å². The van der Waals surface area contributed by atoms with Crippen LogP contribution in [0, 0.1) is 0 Å². The molecule has 0 saturated carbocycles. The summed E-state index contributed by atoms with van der Waals surface area (Å²) >= 11 is 3.47. The van der Waals surface area contributed by atoms with E-state index in [0.717, 1.165) is 29.9 Å². The van der Waals surface area contributed by atoms with E-state index in [9.17, 15) is 0 Å². The molecule has 0 amide bonds. The van der Waals surface area contributed by atoms with Crippen molar-refractivity contribution in [1.82, 2.24) is 0 Å². The van der Waals surface area contributed by atoms with Gasteiger partial charge >= 0.3 is 0 Å². The third-order valence-corrected chi connectivity index (χ3v) is 4.51. The highest BCUT2D eigenvalue weighted by molar-refractivity contribution is 9.09. The van der Waals surface area contributed by atoms with E-state index >= 15 is 0 Å². The zero-order valence-corrected chi connectivity index (χ0v) is 16.5. The molecule has 0 aliphatic carbocycles. The van der Waals surface area contributed by atoms with Gasteiger partial charge in [0.1, 0.15) is 11.5 Å². The smallest absolute Gasteiger partial charge is 0.120 e. The van der Waals surface area contributed by atoms with Gasteiger partial charge in [0.25, 0.3) is 0 Å². The van der Waals surface area contributed by atoms with Crippen LogP contribution in [0.5, 0.6) is 11.5 Å². The first kappa shape index (κ1) is 19.1. The van der Waals surface area contributed by atoms with Crippen LogP contribution in [0.3, 0.4) is 0 Å². The molecule has 0 saturated heterocycles. The molecule has 0 fully saturated rings. The van der Waals surface area contributed by atoms with Crippen LogP contribution in [-0.4, -0.2) is 18.0 Å². The van der Waals surface area contributed by atoms with Gasteiger partial charge in [-0.3, -0.25) is 0 Å². The number of hydrogen-bond donors (Lipinski definition) is 0. The summed E-state index contributed by atoms with van der Waals surface area (Å²) in [6.45, 7) is 4.89. The molecule has 0 heterocycles. The number of unbranched alkanes of at least 4 members (excludes halogenated alkanes) is 5. The molecule has 0 atom stereocenters. The Morgan fingerprint density at radius 3 is 2.04 bits per heavy atom. The van der Waals surface area contributed by atoms with E-state index < -0.39 is 0 Å². The fourth-order valence-corrected chi connectivity index (χ4v) is 3.13. The maximum atomic E-state index is 5.90.